The lowest BCUT2D eigenvalue weighted by molar-refractivity contribution is -0.290. The van der Waals surface area contributed by atoms with E-state index in [0.29, 0.717) is 12.0 Å². The average Bonchev–Trinajstić information content (AvgIpc) is 3.53. The lowest BCUT2D eigenvalue weighted by atomic mass is 9.34. The highest BCUT2D eigenvalue weighted by Gasteiger charge is 2.81. The molecule has 2 N–H and O–H groups in total. The van der Waals surface area contributed by atoms with Crippen molar-refractivity contribution in [3.8, 4) is 11.5 Å². The van der Waals surface area contributed by atoms with Crippen LogP contribution in [-0.2, 0) is 16.6 Å². The van der Waals surface area contributed by atoms with Gasteiger partial charge in [-0.05, 0) is 81.4 Å². The first-order valence-electron chi connectivity index (χ1n) is 13.4. The second-order valence-electron chi connectivity index (χ2n) is 12.6. The summed E-state index contributed by atoms with van der Waals surface area (Å²) in [6, 6.07) is 4.49. The van der Waals surface area contributed by atoms with Crippen LogP contribution < -0.4 is 4.74 Å². The number of benzene rings is 1. The number of ether oxygens (including phenoxy) is 2. The third kappa shape index (κ3) is 2.40. The number of nitrogens with zero attached hydrogens (tertiary/aromatic N) is 1. The molecule has 33 heavy (non-hydrogen) atoms. The number of rotatable bonds is 6. The van der Waals surface area contributed by atoms with E-state index in [1.165, 1.54) is 30.5 Å². The quantitative estimate of drug-likeness (QED) is 0.681. The van der Waals surface area contributed by atoms with Gasteiger partial charge in [-0.25, -0.2) is 0 Å². The second-order valence-corrected chi connectivity index (χ2v) is 12.6. The fourth-order valence-electron chi connectivity index (χ4n) is 9.55. The van der Waals surface area contributed by atoms with Gasteiger partial charge < -0.3 is 19.7 Å². The number of aliphatic hydroxyl groups is 1. The molecule has 0 amide bonds. The monoisotopic (exact) mass is 453 g/mol. The van der Waals surface area contributed by atoms with Gasteiger partial charge in [-0.2, -0.15) is 0 Å². The van der Waals surface area contributed by atoms with E-state index >= 15 is 0 Å². The van der Waals surface area contributed by atoms with E-state index in [2.05, 4.69) is 24.8 Å². The zero-order valence-electron chi connectivity index (χ0n) is 20.3. The molecule has 1 saturated heterocycles. The van der Waals surface area contributed by atoms with Crippen molar-refractivity contribution in [1.29, 1.82) is 0 Å². The number of aromatic hydroxyl groups is 1. The van der Waals surface area contributed by atoms with E-state index in [0.717, 1.165) is 56.7 Å². The molecule has 5 nitrogen and oxygen atoms in total. The predicted molar refractivity (Wildman–Crippen MR) is 126 cm³/mol. The van der Waals surface area contributed by atoms with Gasteiger partial charge in [0.2, 0.25) is 0 Å². The molecule has 5 aliphatic carbocycles. The molecule has 0 unspecified atom stereocenters. The Kier molecular flexibility index (Phi) is 4.25. The normalized spacial score (nSPS) is 43.5. The lowest BCUT2D eigenvalue weighted by Crippen LogP contribution is -2.81. The molecule has 4 bridgehead atoms. The number of phenols is 1. The van der Waals surface area contributed by atoms with Gasteiger partial charge in [-0.1, -0.05) is 19.9 Å². The molecule has 2 heterocycles. The smallest absolute Gasteiger partial charge is 0.165 e. The number of piperidine rings is 1. The lowest BCUT2D eigenvalue weighted by Gasteiger charge is -2.74. The molecule has 0 aromatic heterocycles. The van der Waals surface area contributed by atoms with Crippen LogP contribution in [0.15, 0.2) is 12.1 Å². The molecule has 1 aromatic rings. The fourth-order valence-corrected chi connectivity index (χ4v) is 9.55. The standard InChI is InChI=1S/C28H39NO4/c1-16(2)12-21(31)19-14-26-8-9-28(19,32-3)25-27(26)10-11-29(15-17-4-5-17)22(26)13-18-6-7-20(30)24(33-25)23(18)27/h6-7,16-17,19,21-22,25,30-31H,4-5,8-15H2,1-3H3/t19-,21-,22-,25-,26-,27+,28+/m1/s1. The fraction of sp³-hybridized carbons (Fsp3) is 0.786. The van der Waals surface area contributed by atoms with Gasteiger partial charge in [0.1, 0.15) is 11.7 Å². The second kappa shape index (κ2) is 6.67. The van der Waals surface area contributed by atoms with E-state index in [1.807, 2.05) is 13.2 Å². The number of methoxy groups -OCH3 is 1. The van der Waals surface area contributed by atoms with Crippen molar-refractivity contribution in [3.05, 3.63) is 23.3 Å². The summed E-state index contributed by atoms with van der Waals surface area (Å²) in [5.41, 5.74) is 2.15. The highest BCUT2D eigenvalue weighted by molar-refractivity contribution is 5.63. The summed E-state index contributed by atoms with van der Waals surface area (Å²) < 4.78 is 13.3. The Balaban J connectivity index is 1.43. The van der Waals surface area contributed by atoms with Gasteiger partial charge in [-0.3, -0.25) is 4.90 Å². The van der Waals surface area contributed by atoms with E-state index in [9.17, 15) is 10.2 Å². The van der Waals surface area contributed by atoms with Crippen molar-refractivity contribution in [2.45, 2.75) is 94.5 Å². The van der Waals surface area contributed by atoms with Crippen LogP contribution in [0.3, 0.4) is 0 Å². The number of likely N-dealkylation sites (tertiary alicyclic amines) is 1. The van der Waals surface area contributed by atoms with Crippen molar-refractivity contribution in [2.24, 2.45) is 23.2 Å². The van der Waals surface area contributed by atoms with Crippen LogP contribution in [-0.4, -0.2) is 59.2 Å². The largest absolute Gasteiger partial charge is 0.504 e. The number of hydrogen-bond acceptors (Lipinski definition) is 5. The zero-order valence-corrected chi connectivity index (χ0v) is 20.3. The van der Waals surface area contributed by atoms with Crippen LogP contribution in [0.1, 0.15) is 69.9 Å². The number of hydrogen-bond donors (Lipinski definition) is 2. The summed E-state index contributed by atoms with van der Waals surface area (Å²) in [5.74, 6) is 2.37. The molecule has 5 heteroatoms. The summed E-state index contributed by atoms with van der Waals surface area (Å²) in [5, 5.41) is 22.5. The first-order chi connectivity index (χ1) is 15.9. The predicted octanol–water partition coefficient (Wildman–Crippen LogP) is 4.02. The van der Waals surface area contributed by atoms with E-state index < -0.39 is 5.60 Å². The molecule has 7 atom stereocenters. The van der Waals surface area contributed by atoms with Crippen LogP contribution in [0, 0.1) is 23.2 Å². The Morgan fingerprint density at radius 3 is 2.76 bits per heavy atom. The molecule has 8 rings (SSSR count). The molecule has 2 aliphatic heterocycles. The van der Waals surface area contributed by atoms with Crippen molar-refractivity contribution in [2.75, 3.05) is 20.2 Å². The summed E-state index contributed by atoms with van der Waals surface area (Å²) in [6.45, 7) is 6.73. The minimum atomic E-state index is -0.501. The highest BCUT2D eigenvalue weighted by Crippen LogP contribution is 2.77. The average molecular weight is 454 g/mol. The van der Waals surface area contributed by atoms with Crippen molar-refractivity contribution < 1.29 is 19.7 Å². The third-order valence-electron chi connectivity index (χ3n) is 10.9. The van der Waals surface area contributed by atoms with E-state index in [-0.39, 0.29) is 34.7 Å². The number of phenolic OH excluding ortho intramolecular Hbond substituents is 1. The van der Waals surface area contributed by atoms with E-state index in [1.54, 1.807) is 0 Å². The topological polar surface area (TPSA) is 62.2 Å². The number of fused-ring (bicyclic) bond motifs is 2. The van der Waals surface area contributed by atoms with Crippen molar-refractivity contribution in [1.82, 2.24) is 4.90 Å². The number of aliphatic hydroxyl groups excluding tert-OH is 1. The molecule has 0 radical (unpaired) electrons. The van der Waals surface area contributed by atoms with Crippen LogP contribution in [0.25, 0.3) is 0 Å². The molecule has 180 valence electrons. The van der Waals surface area contributed by atoms with Gasteiger partial charge in [0.15, 0.2) is 11.5 Å². The van der Waals surface area contributed by atoms with Gasteiger partial charge in [-0.15, -0.1) is 0 Å². The molecule has 7 aliphatic rings. The third-order valence-corrected chi connectivity index (χ3v) is 10.9. The maximum atomic E-state index is 11.6. The van der Waals surface area contributed by atoms with Gasteiger partial charge >= 0.3 is 0 Å². The molecule has 2 spiro atoms. The van der Waals surface area contributed by atoms with Gasteiger partial charge in [0, 0.05) is 42.0 Å². The Labute approximate surface area is 197 Å². The van der Waals surface area contributed by atoms with E-state index in [4.69, 9.17) is 9.47 Å². The minimum absolute atomic E-state index is 0.0677. The molecule has 4 saturated carbocycles. The van der Waals surface area contributed by atoms with Gasteiger partial charge in [0.25, 0.3) is 0 Å². The Morgan fingerprint density at radius 2 is 2.03 bits per heavy atom. The summed E-state index contributed by atoms with van der Waals surface area (Å²) >= 11 is 0. The van der Waals surface area contributed by atoms with Crippen molar-refractivity contribution >= 4 is 0 Å². The molecule has 1 aromatic carbocycles. The zero-order chi connectivity index (χ0) is 22.8. The highest BCUT2D eigenvalue weighted by atomic mass is 16.6. The Morgan fingerprint density at radius 1 is 1.21 bits per heavy atom. The van der Waals surface area contributed by atoms with Crippen LogP contribution >= 0.6 is 0 Å². The maximum Gasteiger partial charge on any atom is 0.165 e. The Hall–Kier alpha value is -1.30. The first kappa shape index (κ1) is 21.0. The van der Waals surface area contributed by atoms with Crippen LogP contribution in [0.4, 0.5) is 0 Å². The minimum Gasteiger partial charge on any atom is -0.504 e. The molecular weight excluding hydrogens is 414 g/mol. The first-order valence-corrected chi connectivity index (χ1v) is 13.4. The van der Waals surface area contributed by atoms with Crippen LogP contribution in [0.5, 0.6) is 11.5 Å². The summed E-state index contributed by atoms with van der Waals surface area (Å²) in [6.07, 6.45) is 8.23. The van der Waals surface area contributed by atoms with Gasteiger partial charge in [0.05, 0.1) is 6.10 Å². The summed E-state index contributed by atoms with van der Waals surface area (Å²) in [7, 11) is 1.83. The maximum absolute atomic E-state index is 11.6. The SMILES string of the molecule is CO[C@@]12CC[C@@]3(C[C@@H]1[C@H](O)CC(C)C)[C@H]1Cc4ccc(O)c5c4[C@@]3(CCN1CC1CC1)[C@H]2O5. The summed E-state index contributed by atoms with van der Waals surface area (Å²) in [4.78, 5) is 2.82. The molecule has 5 fully saturated rings. The molecular formula is C28H39NO4. The van der Waals surface area contributed by atoms with Crippen molar-refractivity contribution in [3.63, 3.8) is 0 Å². The van der Waals surface area contributed by atoms with Crippen LogP contribution in [0.2, 0.25) is 0 Å². The Bertz CT molecular complexity index is 990.